The molecule has 19 heavy (non-hydrogen) atoms. The third-order valence-corrected chi connectivity index (χ3v) is 3.91. The van der Waals surface area contributed by atoms with Crippen LogP contribution in [0.15, 0.2) is 29.8 Å². The van der Waals surface area contributed by atoms with Crippen LogP contribution >= 0.6 is 22.9 Å². The highest BCUT2D eigenvalue weighted by Gasteiger charge is 2.14. The highest BCUT2D eigenvalue weighted by Crippen LogP contribution is 2.29. The molecule has 0 aliphatic heterocycles. The lowest BCUT2D eigenvalue weighted by Crippen LogP contribution is -2.10. The number of rotatable bonds is 5. The van der Waals surface area contributed by atoms with E-state index < -0.39 is 5.97 Å². The molecule has 0 amide bonds. The van der Waals surface area contributed by atoms with Gasteiger partial charge >= 0.3 is 5.97 Å². The lowest BCUT2D eigenvalue weighted by molar-refractivity contribution is 0.0697. The molecule has 0 spiro atoms. The number of thiazole rings is 1. The van der Waals surface area contributed by atoms with Crippen molar-refractivity contribution >= 4 is 34.6 Å². The van der Waals surface area contributed by atoms with Gasteiger partial charge in [0.05, 0.1) is 22.3 Å². The first-order valence-electron chi connectivity index (χ1n) is 5.80. The zero-order chi connectivity index (χ0) is 13.8. The molecule has 0 radical (unpaired) electrons. The molecule has 0 fully saturated rings. The first-order valence-corrected chi connectivity index (χ1v) is 7.06. The number of nitrogens with one attached hydrogen (secondary N) is 1. The highest BCUT2D eigenvalue weighted by atomic mass is 35.5. The minimum atomic E-state index is -0.986. The monoisotopic (exact) mass is 296 g/mol. The number of halogens is 1. The first kappa shape index (κ1) is 13.8. The molecule has 100 valence electrons. The predicted molar refractivity (Wildman–Crippen MR) is 77.2 cm³/mol. The molecule has 0 bridgehead atoms. The summed E-state index contributed by atoms with van der Waals surface area (Å²) in [6, 6.07) is 4.74. The Labute approximate surface area is 120 Å². The van der Waals surface area contributed by atoms with Gasteiger partial charge in [-0.15, -0.1) is 11.3 Å². The van der Waals surface area contributed by atoms with E-state index in [9.17, 15) is 4.79 Å². The quantitative estimate of drug-likeness (QED) is 0.873. The summed E-state index contributed by atoms with van der Waals surface area (Å²) in [5.41, 5.74) is 0.895. The summed E-state index contributed by atoms with van der Waals surface area (Å²) >= 11 is 7.67. The van der Waals surface area contributed by atoms with Crippen LogP contribution in [0.1, 0.15) is 34.8 Å². The van der Waals surface area contributed by atoms with Gasteiger partial charge in [-0.05, 0) is 24.6 Å². The Morgan fingerprint density at radius 3 is 2.89 bits per heavy atom. The van der Waals surface area contributed by atoms with Gasteiger partial charge in [-0.3, -0.25) is 0 Å². The van der Waals surface area contributed by atoms with Crippen molar-refractivity contribution in [2.75, 3.05) is 5.32 Å². The third-order valence-electron chi connectivity index (χ3n) is 2.70. The van der Waals surface area contributed by atoms with E-state index in [4.69, 9.17) is 16.7 Å². The Hall–Kier alpha value is -1.59. The van der Waals surface area contributed by atoms with E-state index in [-0.39, 0.29) is 11.6 Å². The number of benzene rings is 1. The Balaban J connectivity index is 2.21. The number of carboxylic acids is 1. The van der Waals surface area contributed by atoms with Gasteiger partial charge in [0.2, 0.25) is 0 Å². The molecule has 0 saturated carbocycles. The second-order valence-electron chi connectivity index (χ2n) is 3.98. The topological polar surface area (TPSA) is 62.2 Å². The van der Waals surface area contributed by atoms with E-state index in [1.807, 2.05) is 5.38 Å². The molecule has 0 aliphatic rings. The second-order valence-corrected chi connectivity index (χ2v) is 5.31. The van der Waals surface area contributed by atoms with Crippen molar-refractivity contribution in [3.8, 4) is 0 Å². The van der Waals surface area contributed by atoms with E-state index in [2.05, 4.69) is 17.2 Å². The Morgan fingerprint density at radius 2 is 2.37 bits per heavy atom. The van der Waals surface area contributed by atoms with Crippen LogP contribution in [-0.2, 0) is 0 Å². The lowest BCUT2D eigenvalue weighted by atomic mass is 10.1. The van der Waals surface area contributed by atoms with Gasteiger partial charge in [0.1, 0.15) is 5.01 Å². The molecule has 4 nitrogen and oxygen atoms in total. The molecule has 0 saturated heterocycles. The predicted octanol–water partition coefficient (Wildman–Crippen LogP) is 4.06. The fourth-order valence-corrected chi connectivity index (χ4v) is 2.71. The van der Waals surface area contributed by atoms with Gasteiger partial charge in [-0.1, -0.05) is 18.5 Å². The Morgan fingerprint density at radius 1 is 1.58 bits per heavy atom. The molecule has 1 heterocycles. The van der Waals surface area contributed by atoms with Gasteiger partial charge in [-0.2, -0.15) is 0 Å². The van der Waals surface area contributed by atoms with Crippen molar-refractivity contribution in [1.82, 2.24) is 4.98 Å². The van der Waals surface area contributed by atoms with E-state index >= 15 is 0 Å². The number of hydrogen-bond acceptors (Lipinski definition) is 4. The smallest absolute Gasteiger partial charge is 0.335 e. The van der Waals surface area contributed by atoms with Gasteiger partial charge in [-0.25, -0.2) is 9.78 Å². The fraction of sp³-hybridized carbons (Fsp3) is 0.231. The van der Waals surface area contributed by atoms with Crippen molar-refractivity contribution in [3.05, 3.63) is 45.4 Å². The lowest BCUT2D eigenvalue weighted by Gasteiger charge is -2.17. The molecular weight excluding hydrogens is 284 g/mol. The summed E-state index contributed by atoms with van der Waals surface area (Å²) in [7, 11) is 0. The van der Waals surface area contributed by atoms with E-state index in [0.29, 0.717) is 10.7 Å². The number of anilines is 1. The van der Waals surface area contributed by atoms with Crippen LogP contribution in [0.2, 0.25) is 5.02 Å². The molecule has 1 aromatic carbocycles. The van der Waals surface area contributed by atoms with Crippen LogP contribution in [0.4, 0.5) is 5.69 Å². The van der Waals surface area contributed by atoms with Crippen molar-refractivity contribution in [1.29, 1.82) is 0 Å². The maximum absolute atomic E-state index is 10.8. The normalized spacial score (nSPS) is 12.1. The Kier molecular flexibility index (Phi) is 4.39. The number of carbonyl (C=O) groups is 1. The molecule has 0 aliphatic carbocycles. The van der Waals surface area contributed by atoms with Gasteiger partial charge in [0, 0.05) is 11.6 Å². The number of aromatic nitrogens is 1. The SMILES string of the molecule is CCC(Nc1ccc(C(=O)O)cc1Cl)c1nccs1. The molecule has 1 atom stereocenters. The molecule has 1 aromatic heterocycles. The van der Waals surface area contributed by atoms with Gasteiger partial charge in [0.25, 0.3) is 0 Å². The van der Waals surface area contributed by atoms with Crippen LogP contribution in [0.5, 0.6) is 0 Å². The standard InChI is InChI=1S/C13H13ClN2O2S/c1-2-10(12-15-5-6-19-12)16-11-4-3-8(13(17)18)7-9(11)14/h3-7,10,16H,2H2,1H3,(H,17,18). The molecule has 2 N–H and O–H groups in total. The number of nitrogens with zero attached hydrogens (tertiary/aromatic N) is 1. The molecule has 2 aromatic rings. The van der Waals surface area contributed by atoms with Gasteiger partial charge < -0.3 is 10.4 Å². The van der Waals surface area contributed by atoms with Crippen LogP contribution in [-0.4, -0.2) is 16.1 Å². The summed E-state index contributed by atoms with van der Waals surface area (Å²) < 4.78 is 0. The summed E-state index contributed by atoms with van der Waals surface area (Å²) in [5.74, 6) is -0.986. The molecule has 2 rings (SSSR count). The highest BCUT2D eigenvalue weighted by molar-refractivity contribution is 7.09. The summed E-state index contributed by atoms with van der Waals surface area (Å²) in [4.78, 5) is 15.1. The largest absolute Gasteiger partial charge is 0.478 e. The van der Waals surface area contributed by atoms with Crippen LogP contribution in [0.3, 0.4) is 0 Å². The molecular formula is C13H13ClN2O2S. The average Bonchev–Trinajstić information content (AvgIpc) is 2.91. The van der Waals surface area contributed by atoms with Gasteiger partial charge in [0.15, 0.2) is 0 Å². The zero-order valence-corrected chi connectivity index (χ0v) is 11.8. The van der Waals surface area contributed by atoms with Crippen molar-refractivity contribution in [2.24, 2.45) is 0 Å². The van der Waals surface area contributed by atoms with Crippen molar-refractivity contribution < 1.29 is 9.90 Å². The first-order chi connectivity index (χ1) is 9.11. The second kappa shape index (κ2) is 6.04. The average molecular weight is 297 g/mol. The van der Waals surface area contributed by atoms with E-state index in [1.165, 1.54) is 12.1 Å². The zero-order valence-electron chi connectivity index (χ0n) is 10.3. The minimum absolute atomic E-state index is 0.0770. The van der Waals surface area contributed by atoms with Crippen LogP contribution in [0, 0.1) is 0 Å². The van der Waals surface area contributed by atoms with Crippen LogP contribution in [0.25, 0.3) is 0 Å². The van der Waals surface area contributed by atoms with Crippen molar-refractivity contribution in [3.63, 3.8) is 0 Å². The summed E-state index contributed by atoms with van der Waals surface area (Å²) in [6.45, 7) is 2.05. The molecule has 6 heteroatoms. The Bertz CT molecular complexity index is 572. The number of carboxylic acid groups (broad SMARTS) is 1. The number of hydrogen-bond donors (Lipinski definition) is 2. The maximum atomic E-state index is 10.8. The third kappa shape index (κ3) is 3.24. The summed E-state index contributed by atoms with van der Waals surface area (Å²) in [6.07, 6.45) is 2.63. The minimum Gasteiger partial charge on any atom is -0.478 e. The van der Waals surface area contributed by atoms with E-state index in [1.54, 1.807) is 23.6 Å². The number of aromatic carboxylic acids is 1. The maximum Gasteiger partial charge on any atom is 0.335 e. The summed E-state index contributed by atoms with van der Waals surface area (Å²) in [5, 5.41) is 15.5. The fourth-order valence-electron chi connectivity index (χ4n) is 1.70. The molecule has 1 unspecified atom stereocenters. The van der Waals surface area contributed by atoms with Crippen molar-refractivity contribution in [2.45, 2.75) is 19.4 Å². The van der Waals surface area contributed by atoms with E-state index in [0.717, 1.165) is 11.4 Å². The van der Waals surface area contributed by atoms with Crippen LogP contribution < -0.4 is 5.32 Å².